The van der Waals surface area contributed by atoms with Crippen molar-refractivity contribution in [3.63, 3.8) is 0 Å². The van der Waals surface area contributed by atoms with Crippen molar-refractivity contribution in [3.8, 4) is 0 Å². The first-order valence-electron chi connectivity index (χ1n) is 17.4. The first-order valence-corrected chi connectivity index (χ1v) is 20.1. The maximum atomic E-state index is 12.2. The highest BCUT2D eigenvalue weighted by molar-refractivity contribution is 8.44. The summed E-state index contributed by atoms with van der Waals surface area (Å²) in [6.07, 6.45) is 31.7. The summed E-state index contributed by atoms with van der Waals surface area (Å²) in [6, 6.07) is 0. The van der Waals surface area contributed by atoms with Crippen LogP contribution in [0.1, 0.15) is 175 Å². The van der Waals surface area contributed by atoms with E-state index in [1.54, 1.807) is 6.92 Å². The van der Waals surface area contributed by atoms with Crippen LogP contribution in [0.3, 0.4) is 0 Å². The second-order valence-corrected chi connectivity index (χ2v) is 14.5. The molecule has 7 heteroatoms. The van der Waals surface area contributed by atoms with Crippen molar-refractivity contribution in [2.75, 3.05) is 33.0 Å². The third kappa shape index (κ3) is 31.4. The Balaban J connectivity index is 3.87. The van der Waals surface area contributed by atoms with Crippen LogP contribution in [0.4, 0.5) is 0 Å². The Labute approximate surface area is 255 Å². The SMILES string of the molecule is CCCCCCCCCCCCCCOCC(COP(=O)(S)OCC)OCCCCCCCCCCCCCC. The smallest absolute Gasteiger partial charge is 0.379 e. The zero-order chi connectivity index (χ0) is 29.4. The quantitative estimate of drug-likeness (QED) is 0.0447. The van der Waals surface area contributed by atoms with Gasteiger partial charge in [-0.2, -0.15) is 0 Å². The van der Waals surface area contributed by atoms with Crippen LogP contribution in [-0.4, -0.2) is 39.1 Å². The molecule has 40 heavy (non-hydrogen) atoms. The van der Waals surface area contributed by atoms with Gasteiger partial charge in [-0.05, 0) is 19.8 Å². The lowest BCUT2D eigenvalue weighted by Gasteiger charge is -2.20. The van der Waals surface area contributed by atoms with Crippen molar-refractivity contribution in [1.82, 2.24) is 0 Å². The number of hydrogen-bond donors (Lipinski definition) is 1. The molecular weight excluding hydrogens is 539 g/mol. The van der Waals surface area contributed by atoms with Crippen LogP contribution in [0.15, 0.2) is 0 Å². The van der Waals surface area contributed by atoms with E-state index in [0.29, 0.717) is 19.8 Å². The van der Waals surface area contributed by atoms with Gasteiger partial charge < -0.3 is 14.0 Å². The Bertz CT molecular complexity index is 537. The van der Waals surface area contributed by atoms with Gasteiger partial charge in [-0.1, -0.05) is 167 Å². The Morgan fingerprint density at radius 3 is 1.27 bits per heavy atom. The van der Waals surface area contributed by atoms with Gasteiger partial charge in [-0.15, -0.1) is 0 Å². The predicted octanol–water partition coefficient (Wildman–Crippen LogP) is 11.9. The molecule has 0 aromatic heterocycles. The summed E-state index contributed by atoms with van der Waals surface area (Å²) in [6.45, 7) is 5.36. The molecule has 0 fully saturated rings. The molecule has 0 aliphatic carbocycles. The lowest BCUT2D eigenvalue weighted by atomic mass is 10.1. The molecule has 0 saturated heterocycles. The average Bonchev–Trinajstić information content (AvgIpc) is 2.93. The third-order valence-electron chi connectivity index (χ3n) is 7.51. The molecule has 0 rings (SSSR count). The zero-order valence-electron chi connectivity index (χ0n) is 27.0. The van der Waals surface area contributed by atoms with Crippen LogP contribution in [0, 0.1) is 0 Å². The van der Waals surface area contributed by atoms with Crippen molar-refractivity contribution in [1.29, 1.82) is 0 Å². The molecule has 0 spiro atoms. The number of hydrogen-bond acceptors (Lipinski definition) is 5. The second kappa shape index (κ2) is 32.3. The number of unbranched alkanes of at least 4 members (excludes halogenated alkanes) is 22. The van der Waals surface area contributed by atoms with Crippen molar-refractivity contribution in [2.24, 2.45) is 0 Å². The molecular formula is C33H69O5PS. The fourth-order valence-electron chi connectivity index (χ4n) is 4.98. The molecule has 0 aromatic carbocycles. The van der Waals surface area contributed by atoms with Crippen molar-refractivity contribution in [3.05, 3.63) is 0 Å². The molecule has 5 nitrogen and oxygen atoms in total. The molecule has 2 unspecified atom stereocenters. The van der Waals surface area contributed by atoms with E-state index in [9.17, 15) is 4.57 Å². The van der Waals surface area contributed by atoms with Crippen LogP contribution in [-0.2, 0) is 23.1 Å². The van der Waals surface area contributed by atoms with Crippen LogP contribution in [0.5, 0.6) is 0 Å². The topological polar surface area (TPSA) is 54.0 Å². The summed E-state index contributed by atoms with van der Waals surface area (Å²) in [7, 11) is 0. The minimum atomic E-state index is -3.33. The van der Waals surface area contributed by atoms with Crippen molar-refractivity contribution >= 4 is 19.0 Å². The fraction of sp³-hybridized carbons (Fsp3) is 1.00. The molecule has 0 radical (unpaired) electrons. The Hall–Kier alpha value is 0.420. The maximum Gasteiger partial charge on any atom is 0.386 e. The van der Waals surface area contributed by atoms with E-state index in [-0.39, 0.29) is 12.7 Å². The Morgan fingerprint density at radius 1 is 0.500 bits per heavy atom. The van der Waals surface area contributed by atoms with E-state index in [1.807, 2.05) is 0 Å². The Morgan fingerprint density at radius 2 is 0.875 bits per heavy atom. The summed E-state index contributed by atoms with van der Waals surface area (Å²) in [5.74, 6) is 0. The van der Waals surface area contributed by atoms with E-state index in [0.717, 1.165) is 19.4 Å². The summed E-state index contributed by atoms with van der Waals surface area (Å²) in [5, 5.41) is 0. The number of ether oxygens (including phenoxy) is 2. The lowest BCUT2D eigenvalue weighted by Crippen LogP contribution is -2.26. The summed E-state index contributed by atoms with van der Waals surface area (Å²) in [5.41, 5.74) is 0. The van der Waals surface area contributed by atoms with Gasteiger partial charge in [0.05, 0.1) is 19.8 Å². The van der Waals surface area contributed by atoms with Crippen LogP contribution < -0.4 is 0 Å². The third-order valence-corrected chi connectivity index (χ3v) is 9.27. The zero-order valence-corrected chi connectivity index (χ0v) is 28.8. The van der Waals surface area contributed by atoms with E-state index in [4.69, 9.17) is 18.5 Å². The first-order chi connectivity index (χ1) is 19.6. The van der Waals surface area contributed by atoms with Crippen molar-refractivity contribution < 1.29 is 23.1 Å². The number of rotatable bonds is 34. The predicted molar refractivity (Wildman–Crippen MR) is 177 cm³/mol. The van der Waals surface area contributed by atoms with Gasteiger partial charge in [-0.25, -0.2) is 4.57 Å². The van der Waals surface area contributed by atoms with Crippen LogP contribution in [0.2, 0.25) is 0 Å². The van der Waals surface area contributed by atoms with E-state index >= 15 is 0 Å². The highest BCUT2D eigenvalue weighted by atomic mass is 32.7. The van der Waals surface area contributed by atoms with Gasteiger partial charge in [0.1, 0.15) is 6.10 Å². The molecule has 0 heterocycles. The lowest BCUT2D eigenvalue weighted by molar-refractivity contribution is -0.0402. The highest BCUT2D eigenvalue weighted by Crippen LogP contribution is 2.52. The number of thiol groups is 1. The van der Waals surface area contributed by atoms with E-state index in [1.165, 1.54) is 141 Å². The molecule has 0 aliphatic heterocycles. The molecule has 2 atom stereocenters. The molecule has 0 saturated carbocycles. The van der Waals surface area contributed by atoms with E-state index < -0.39 is 6.80 Å². The summed E-state index contributed by atoms with van der Waals surface area (Å²) < 4.78 is 34.8. The molecule has 242 valence electrons. The minimum Gasteiger partial charge on any atom is -0.379 e. The van der Waals surface area contributed by atoms with E-state index in [2.05, 4.69) is 26.1 Å². The molecule has 0 bridgehead atoms. The maximum absolute atomic E-state index is 12.2. The van der Waals surface area contributed by atoms with Crippen LogP contribution in [0.25, 0.3) is 0 Å². The monoisotopic (exact) mass is 608 g/mol. The van der Waals surface area contributed by atoms with Gasteiger partial charge in [-0.3, -0.25) is 4.52 Å². The van der Waals surface area contributed by atoms with Gasteiger partial charge >= 0.3 is 6.80 Å². The molecule has 0 aliphatic rings. The van der Waals surface area contributed by atoms with Gasteiger partial charge in [0, 0.05) is 13.2 Å². The molecule has 0 aromatic rings. The second-order valence-electron chi connectivity index (χ2n) is 11.5. The normalized spacial score (nSPS) is 14.0. The van der Waals surface area contributed by atoms with Crippen LogP contribution >= 0.6 is 19.0 Å². The Kier molecular flexibility index (Phi) is 32.7. The average molecular weight is 609 g/mol. The van der Waals surface area contributed by atoms with Gasteiger partial charge in [0.25, 0.3) is 0 Å². The highest BCUT2D eigenvalue weighted by Gasteiger charge is 2.21. The molecule has 0 amide bonds. The summed E-state index contributed by atoms with van der Waals surface area (Å²) in [4.78, 5) is 0. The fourth-order valence-corrected chi connectivity index (χ4v) is 6.28. The summed E-state index contributed by atoms with van der Waals surface area (Å²) >= 11 is 4.05. The first kappa shape index (κ1) is 40.4. The van der Waals surface area contributed by atoms with Gasteiger partial charge in [0.15, 0.2) is 0 Å². The minimum absolute atomic E-state index is 0.178. The van der Waals surface area contributed by atoms with Gasteiger partial charge in [0.2, 0.25) is 0 Å². The van der Waals surface area contributed by atoms with Crippen molar-refractivity contribution in [2.45, 2.75) is 181 Å². The standard InChI is InChI=1S/C33H69O5PS/c1-4-7-9-11-13-15-17-19-21-23-25-27-29-35-31-33(32-38-39(34,40)37-6-3)36-30-28-26-24-22-20-18-16-14-12-10-8-5-2/h33H,4-32H2,1-3H3,(H,34,40). The molecule has 0 N–H and O–H groups in total. The largest absolute Gasteiger partial charge is 0.386 e.